The molecule has 246 valence electrons. The second kappa shape index (κ2) is 13.3. The van der Waals surface area contributed by atoms with E-state index in [9.17, 15) is 41.7 Å². The van der Waals surface area contributed by atoms with Crippen molar-refractivity contribution in [1.29, 1.82) is 10.5 Å². The van der Waals surface area contributed by atoms with Crippen LogP contribution >= 0.6 is 0 Å². The fourth-order valence-electron chi connectivity index (χ4n) is 5.06. The second-order valence-electron chi connectivity index (χ2n) is 11.5. The number of hydrogen-bond donors (Lipinski definition) is 0. The Hall–Kier alpha value is -4.77. The van der Waals surface area contributed by atoms with E-state index >= 15 is 0 Å². The molecule has 1 aromatic carbocycles. The molecular weight excluding hydrogens is 633 g/mol. The lowest BCUT2D eigenvalue weighted by molar-refractivity contribution is -0.0501. The fraction of sp³-hybridized carbons (Fsp3) is 0.483. The van der Waals surface area contributed by atoms with Crippen molar-refractivity contribution in [2.75, 3.05) is 31.1 Å². The summed E-state index contributed by atoms with van der Waals surface area (Å²) in [5.74, 6) is -1.11. The van der Waals surface area contributed by atoms with Gasteiger partial charge in [-0.2, -0.15) is 32.1 Å². The first-order valence-corrected chi connectivity index (χ1v) is 15.5. The first-order chi connectivity index (χ1) is 21.5. The molecule has 0 aliphatic carbocycles. The summed E-state index contributed by atoms with van der Waals surface area (Å²) in [6.07, 6.45) is -1.48. The molecule has 1 fully saturated rings. The van der Waals surface area contributed by atoms with Crippen LogP contribution in [-0.4, -0.2) is 78.7 Å². The minimum Gasteiger partial charge on any atom is -0.445 e. The first-order valence-electron chi connectivity index (χ1n) is 14.1. The monoisotopic (exact) mass is 664 g/mol. The lowest BCUT2D eigenvalue weighted by Gasteiger charge is -2.43. The average Bonchev–Trinajstić information content (AvgIpc) is 2.98. The Bertz CT molecular complexity index is 1670. The molecule has 0 bridgehead atoms. The van der Waals surface area contributed by atoms with Crippen LogP contribution in [0.4, 0.5) is 28.4 Å². The largest absolute Gasteiger partial charge is 0.534 e. The molecule has 0 unspecified atom stereocenters. The van der Waals surface area contributed by atoms with Gasteiger partial charge in [0.25, 0.3) is 5.88 Å². The van der Waals surface area contributed by atoms with E-state index in [0.29, 0.717) is 5.56 Å². The molecule has 0 spiro atoms. The maximum absolute atomic E-state index is 13.3. The normalized spacial score (nSPS) is 17.0. The Kier molecular flexibility index (Phi) is 9.86. The highest BCUT2D eigenvalue weighted by molar-refractivity contribution is 7.88. The molecule has 0 radical (unpaired) electrons. The number of hydrogen-bond acceptors (Lipinski definition) is 11. The highest BCUT2D eigenvalue weighted by Gasteiger charge is 2.50. The van der Waals surface area contributed by atoms with Gasteiger partial charge in [0.15, 0.2) is 0 Å². The van der Waals surface area contributed by atoms with Crippen LogP contribution in [0.5, 0.6) is 5.88 Å². The van der Waals surface area contributed by atoms with Crippen LogP contribution in [-0.2, 0) is 39.2 Å². The number of carbonyl (C=O) groups is 2. The number of anilines is 1. The van der Waals surface area contributed by atoms with Gasteiger partial charge < -0.3 is 28.4 Å². The Balaban J connectivity index is 1.72. The highest BCUT2D eigenvalue weighted by atomic mass is 32.2. The van der Waals surface area contributed by atoms with Gasteiger partial charge in [-0.3, -0.25) is 0 Å². The summed E-state index contributed by atoms with van der Waals surface area (Å²) in [7, 11) is -6.23. The van der Waals surface area contributed by atoms with Gasteiger partial charge in [-0.05, 0) is 32.8 Å². The van der Waals surface area contributed by atoms with Gasteiger partial charge in [0.2, 0.25) is 0 Å². The Labute approximate surface area is 263 Å². The zero-order valence-corrected chi connectivity index (χ0v) is 26.0. The number of benzene rings is 1. The summed E-state index contributed by atoms with van der Waals surface area (Å²) in [5.41, 5.74) is -6.08. The number of halogens is 3. The summed E-state index contributed by atoms with van der Waals surface area (Å²) in [5, 5.41) is 19.6. The Morgan fingerprint density at radius 2 is 1.76 bits per heavy atom. The van der Waals surface area contributed by atoms with Crippen molar-refractivity contribution in [2.45, 2.75) is 63.9 Å². The van der Waals surface area contributed by atoms with Crippen LogP contribution < -0.4 is 9.08 Å². The molecule has 2 aromatic rings. The fourth-order valence-corrected chi connectivity index (χ4v) is 5.48. The summed E-state index contributed by atoms with van der Waals surface area (Å²) >= 11 is 0. The molecule has 2 amide bonds. The number of carbonyl (C=O) groups excluding carboxylic acids is 2. The molecule has 2 aliphatic rings. The van der Waals surface area contributed by atoms with Gasteiger partial charge in [0.05, 0.1) is 36.5 Å². The summed E-state index contributed by atoms with van der Waals surface area (Å²) in [6, 6.07) is 11.8. The minimum atomic E-state index is -6.23. The average molecular weight is 665 g/mol. The van der Waals surface area contributed by atoms with E-state index in [2.05, 4.69) is 9.17 Å². The lowest BCUT2D eigenvalue weighted by atomic mass is 9.97. The van der Waals surface area contributed by atoms with Crippen LogP contribution in [0.2, 0.25) is 0 Å². The van der Waals surface area contributed by atoms with Crippen molar-refractivity contribution >= 4 is 28.0 Å². The van der Waals surface area contributed by atoms with E-state index in [1.807, 2.05) is 6.07 Å². The van der Waals surface area contributed by atoms with Gasteiger partial charge in [0.1, 0.15) is 23.8 Å². The molecule has 13 nitrogen and oxygen atoms in total. The molecule has 0 saturated carbocycles. The SMILES string of the molecule is CC(C)(C)OC(=O)N1CCN(c2c(C#N)c(OS(=O)(=O)C(F)(F)F)nc3c2CCN(C(=O)OCc2ccccc2)C3)C[C@@H]1CC#N. The van der Waals surface area contributed by atoms with Crippen LogP contribution in [0.15, 0.2) is 30.3 Å². The molecule has 0 N–H and O–H groups in total. The van der Waals surface area contributed by atoms with E-state index in [1.165, 1.54) is 9.80 Å². The standard InChI is InChI=1S/C29H31F3N6O7S/c1-28(2,3)44-27(40)38-14-13-36(16-20(38)9-11-33)24-21-10-12-37(26(39)43-18-19-7-5-4-6-8-19)17-23(21)35-25(22(24)15-34)45-46(41,42)29(30,31)32/h4-8,20H,9-10,12-14,16-18H2,1-3H3/t20-/m0/s1. The molecule has 1 aromatic heterocycles. The number of rotatable bonds is 6. The van der Waals surface area contributed by atoms with Gasteiger partial charge in [-0.1, -0.05) is 30.3 Å². The number of nitriles is 2. The molecule has 1 atom stereocenters. The number of amides is 2. The Morgan fingerprint density at radius 1 is 1.07 bits per heavy atom. The number of aromatic nitrogens is 1. The van der Waals surface area contributed by atoms with Crippen molar-refractivity contribution in [3.63, 3.8) is 0 Å². The van der Waals surface area contributed by atoms with Crippen molar-refractivity contribution in [3.8, 4) is 18.0 Å². The third kappa shape index (κ3) is 7.71. The topological polar surface area (TPSA) is 166 Å². The van der Waals surface area contributed by atoms with Crippen molar-refractivity contribution < 1.29 is 44.8 Å². The summed E-state index contributed by atoms with van der Waals surface area (Å²) in [4.78, 5) is 34.0. The van der Waals surface area contributed by atoms with Crippen LogP contribution in [0, 0.1) is 22.7 Å². The number of pyridine rings is 1. The molecule has 46 heavy (non-hydrogen) atoms. The predicted octanol–water partition coefficient (Wildman–Crippen LogP) is 4.22. The van der Waals surface area contributed by atoms with E-state index in [-0.39, 0.29) is 63.6 Å². The van der Waals surface area contributed by atoms with E-state index in [0.717, 1.165) is 5.56 Å². The van der Waals surface area contributed by atoms with Gasteiger partial charge >= 0.3 is 27.8 Å². The number of alkyl halides is 3. The first kappa shape index (κ1) is 34.1. The number of nitrogens with zero attached hydrogens (tertiary/aromatic N) is 6. The molecule has 2 aliphatic heterocycles. The lowest BCUT2D eigenvalue weighted by Crippen LogP contribution is -2.56. The molecule has 17 heteroatoms. The maximum Gasteiger partial charge on any atom is 0.534 e. The second-order valence-corrected chi connectivity index (χ2v) is 13.0. The zero-order valence-electron chi connectivity index (χ0n) is 25.2. The third-order valence-corrected chi connectivity index (χ3v) is 8.04. The van der Waals surface area contributed by atoms with Gasteiger partial charge in [-0.15, -0.1) is 0 Å². The molecule has 4 rings (SSSR count). The predicted molar refractivity (Wildman–Crippen MR) is 154 cm³/mol. The third-order valence-electron chi connectivity index (χ3n) is 7.09. The van der Waals surface area contributed by atoms with Crippen molar-refractivity contribution in [3.05, 3.63) is 52.7 Å². The number of piperazine rings is 1. The van der Waals surface area contributed by atoms with E-state index < -0.39 is 50.9 Å². The smallest absolute Gasteiger partial charge is 0.445 e. The van der Waals surface area contributed by atoms with Gasteiger partial charge in [0, 0.05) is 31.7 Å². The molecular formula is C29H31F3N6O7S. The summed E-state index contributed by atoms with van der Waals surface area (Å²) < 4.78 is 79.3. The number of fused-ring (bicyclic) bond motifs is 1. The van der Waals surface area contributed by atoms with E-state index in [4.69, 9.17) is 9.47 Å². The van der Waals surface area contributed by atoms with Crippen molar-refractivity contribution in [1.82, 2.24) is 14.8 Å². The van der Waals surface area contributed by atoms with E-state index in [1.54, 1.807) is 62.1 Å². The maximum atomic E-state index is 13.3. The van der Waals surface area contributed by atoms with Crippen LogP contribution in [0.3, 0.4) is 0 Å². The van der Waals surface area contributed by atoms with Crippen molar-refractivity contribution in [2.24, 2.45) is 0 Å². The van der Waals surface area contributed by atoms with Crippen LogP contribution in [0.25, 0.3) is 0 Å². The minimum absolute atomic E-state index is 0.00399. The highest BCUT2D eigenvalue weighted by Crippen LogP contribution is 2.39. The zero-order chi connectivity index (χ0) is 33.9. The quantitative estimate of drug-likeness (QED) is 0.321. The molecule has 3 heterocycles. The van der Waals surface area contributed by atoms with Gasteiger partial charge in [-0.25, -0.2) is 14.6 Å². The number of ether oxygens (including phenoxy) is 2. The molecule has 1 saturated heterocycles. The van der Waals surface area contributed by atoms with Crippen LogP contribution in [0.1, 0.15) is 49.6 Å². The summed E-state index contributed by atoms with van der Waals surface area (Å²) in [6.45, 7) is 4.80. The Morgan fingerprint density at radius 3 is 2.37 bits per heavy atom.